The number of aryl methyl sites for hydroxylation is 1. The zero-order valence-electron chi connectivity index (χ0n) is 9.54. The normalized spacial score (nSPS) is 10.4. The highest BCUT2D eigenvalue weighted by Crippen LogP contribution is 2.17. The van der Waals surface area contributed by atoms with Crippen molar-refractivity contribution in [3.05, 3.63) is 51.9 Å². The lowest BCUT2D eigenvalue weighted by Gasteiger charge is -2.05. The Morgan fingerprint density at radius 3 is 3.00 bits per heavy atom. The minimum absolute atomic E-state index is 0.162. The van der Waals surface area contributed by atoms with Crippen molar-refractivity contribution in [2.75, 3.05) is 0 Å². The van der Waals surface area contributed by atoms with Crippen LogP contribution in [0.5, 0.6) is 0 Å². The van der Waals surface area contributed by atoms with Crippen molar-refractivity contribution >= 4 is 21.8 Å². The Morgan fingerprint density at radius 2 is 2.33 bits per heavy atom. The molecular weight excluding hydrogens is 303 g/mol. The van der Waals surface area contributed by atoms with Gasteiger partial charge in [0.05, 0.1) is 18.3 Å². The van der Waals surface area contributed by atoms with Gasteiger partial charge in [-0.25, -0.2) is 9.37 Å². The molecule has 0 aliphatic heterocycles. The van der Waals surface area contributed by atoms with Gasteiger partial charge in [-0.3, -0.25) is 4.79 Å². The molecule has 0 atom stereocenters. The van der Waals surface area contributed by atoms with E-state index in [1.54, 1.807) is 13.1 Å². The van der Waals surface area contributed by atoms with E-state index in [1.165, 1.54) is 18.2 Å². The number of halogens is 2. The number of rotatable bonds is 3. The quantitative estimate of drug-likeness (QED) is 0.948. The first-order valence-corrected chi connectivity index (χ1v) is 6.00. The summed E-state index contributed by atoms with van der Waals surface area (Å²) >= 11 is 3.19. The summed E-state index contributed by atoms with van der Waals surface area (Å²) in [7, 11) is 0. The molecule has 1 aromatic heterocycles. The second-order valence-electron chi connectivity index (χ2n) is 3.67. The maximum atomic E-state index is 13.0. The van der Waals surface area contributed by atoms with E-state index < -0.39 is 11.7 Å². The molecule has 0 saturated carbocycles. The summed E-state index contributed by atoms with van der Waals surface area (Å²) in [5, 5.41) is 2.60. The molecule has 0 fully saturated rings. The van der Waals surface area contributed by atoms with Crippen LogP contribution in [0.4, 0.5) is 4.39 Å². The van der Waals surface area contributed by atoms with Gasteiger partial charge < -0.3 is 9.73 Å². The second kappa shape index (κ2) is 5.30. The van der Waals surface area contributed by atoms with Crippen LogP contribution in [0.25, 0.3) is 0 Å². The molecule has 0 spiro atoms. The molecule has 2 rings (SSSR count). The Kier molecular flexibility index (Phi) is 3.76. The van der Waals surface area contributed by atoms with Crippen LogP contribution in [0.2, 0.25) is 0 Å². The molecule has 2 aromatic rings. The Balaban J connectivity index is 2.05. The number of nitrogens with one attached hydrogen (secondary N) is 1. The minimum Gasteiger partial charge on any atom is -0.444 e. The van der Waals surface area contributed by atoms with E-state index in [-0.39, 0.29) is 12.1 Å². The van der Waals surface area contributed by atoms with Gasteiger partial charge in [0.1, 0.15) is 11.6 Å². The Labute approximate surface area is 111 Å². The maximum absolute atomic E-state index is 13.0. The molecule has 0 bridgehead atoms. The number of benzene rings is 1. The number of nitrogens with zero attached hydrogens (tertiary/aromatic N) is 1. The van der Waals surface area contributed by atoms with Gasteiger partial charge in [-0.15, -0.1) is 0 Å². The topological polar surface area (TPSA) is 55.1 Å². The number of hydrogen-bond donors (Lipinski definition) is 1. The van der Waals surface area contributed by atoms with Crippen LogP contribution < -0.4 is 5.32 Å². The summed E-state index contributed by atoms with van der Waals surface area (Å²) in [5.74, 6) is 0.229. The minimum atomic E-state index is -0.463. The molecule has 0 aliphatic carbocycles. The van der Waals surface area contributed by atoms with Gasteiger partial charge in [-0.2, -0.15) is 0 Å². The van der Waals surface area contributed by atoms with Crippen molar-refractivity contribution in [3.63, 3.8) is 0 Å². The Morgan fingerprint density at radius 1 is 1.56 bits per heavy atom. The molecule has 94 valence electrons. The van der Waals surface area contributed by atoms with Crippen LogP contribution in [0, 0.1) is 12.7 Å². The third-order valence-electron chi connectivity index (χ3n) is 2.24. The predicted octanol–water partition coefficient (Wildman–Crippen LogP) is 2.81. The highest BCUT2D eigenvalue weighted by Gasteiger charge is 2.11. The van der Waals surface area contributed by atoms with Crippen LogP contribution >= 0.6 is 15.9 Å². The lowest BCUT2D eigenvalue weighted by Crippen LogP contribution is -2.23. The van der Waals surface area contributed by atoms with Crippen molar-refractivity contribution in [1.29, 1.82) is 0 Å². The van der Waals surface area contributed by atoms with Gasteiger partial charge in [0.25, 0.3) is 5.91 Å². The van der Waals surface area contributed by atoms with Crippen LogP contribution in [0.1, 0.15) is 22.0 Å². The van der Waals surface area contributed by atoms with Crippen LogP contribution in [-0.2, 0) is 6.54 Å². The van der Waals surface area contributed by atoms with Gasteiger partial charge in [0.15, 0.2) is 0 Å². The first-order chi connectivity index (χ1) is 8.56. The lowest BCUT2D eigenvalue weighted by atomic mass is 10.2. The van der Waals surface area contributed by atoms with Crippen molar-refractivity contribution in [1.82, 2.24) is 10.3 Å². The summed E-state index contributed by atoms with van der Waals surface area (Å²) in [6.45, 7) is 1.93. The van der Waals surface area contributed by atoms with Gasteiger partial charge in [-0.1, -0.05) is 0 Å². The van der Waals surface area contributed by atoms with Crippen LogP contribution in [-0.4, -0.2) is 10.9 Å². The third-order valence-corrected chi connectivity index (χ3v) is 2.93. The number of aromatic nitrogens is 1. The second-order valence-corrected chi connectivity index (χ2v) is 4.53. The van der Waals surface area contributed by atoms with Gasteiger partial charge in [0.2, 0.25) is 5.89 Å². The number of carbonyl (C=O) groups is 1. The molecule has 18 heavy (non-hydrogen) atoms. The zero-order chi connectivity index (χ0) is 13.1. The van der Waals surface area contributed by atoms with E-state index in [1.807, 2.05) is 0 Å². The predicted molar refractivity (Wildman–Crippen MR) is 66.5 cm³/mol. The first kappa shape index (κ1) is 12.8. The smallest absolute Gasteiger partial charge is 0.252 e. The molecule has 4 nitrogen and oxygen atoms in total. The van der Waals surface area contributed by atoms with E-state index in [0.29, 0.717) is 16.1 Å². The summed E-state index contributed by atoms with van der Waals surface area (Å²) in [6, 6.07) is 3.93. The number of oxazole rings is 1. The highest BCUT2D eigenvalue weighted by molar-refractivity contribution is 9.10. The molecule has 1 amide bonds. The molecule has 1 heterocycles. The van der Waals surface area contributed by atoms with E-state index in [4.69, 9.17) is 4.42 Å². The summed E-state index contributed by atoms with van der Waals surface area (Å²) in [6.07, 6.45) is 1.57. The Hall–Kier alpha value is -1.69. The van der Waals surface area contributed by atoms with Crippen molar-refractivity contribution in [3.8, 4) is 0 Å². The SMILES string of the molecule is Cc1cnc(CNC(=O)c2cc(F)ccc2Br)o1. The van der Waals surface area contributed by atoms with Crippen molar-refractivity contribution in [2.45, 2.75) is 13.5 Å². The summed E-state index contributed by atoms with van der Waals surface area (Å²) in [4.78, 5) is 15.8. The molecule has 0 aliphatic rings. The number of hydrogen-bond acceptors (Lipinski definition) is 3. The molecule has 0 saturated heterocycles. The van der Waals surface area contributed by atoms with Crippen molar-refractivity contribution in [2.24, 2.45) is 0 Å². The van der Waals surface area contributed by atoms with Gasteiger partial charge in [-0.05, 0) is 41.1 Å². The van der Waals surface area contributed by atoms with Crippen molar-refractivity contribution < 1.29 is 13.6 Å². The fourth-order valence-electron chi connectivity index (χ4n) is 1.41. The fraction of sp³-hybridized carbons (Fsp3) is 0.167. The summed E-state index contributed by atoms with van der Waals surface area (Å²) < 4.78 is 18.8. The molecular formula is C12H10BrFN2O2. The molecule has 6 heteroatoms. The lowest BCUT2D eigenvalue weighted by molar-refractivity contribution is 0.0946. The van der Waals surface area contributed by atoms with E-state index in [2.05, 4.69) is 26.2 Å². The first-order valence-electron chi connectivity index (χ1n) is 5.21. The van der Waals surface area contributed by atoms with E-state index in [9.17, 15) is 9.18 Å². The van der Waals surface area contributed by atoms with Crippen LogP contribution in [0.3, 0.4) is 0 Å². The van der Waals surface area contributed by atoms with Crippen LogP contribution in [0.15, 0.2) is 33.3 Å². The summed E-state index contributed by atoms with van der Waals surface area (Å²) in [5.41, 5.74) is 0.235. The molecule has 1 aromatic carbocycles. The highest BCUT2D eigenvalue weighted by atomic mass is 79.9. The molecule has 1 N–H and O–H groups in total. The monoisotopic (exact) mass is 312 g/mol. The van der Waals surface area contributed by atoms with Gasteiger partial charge >= 0.3 is 0 Å². The van der Waals surface area contributed by atoms with E-state index >= 15 is 0 Å². The standard InChI is InChI=1S/C12H10BrFN2O2/c1-7-5-15-11(18-7)6-16-12(17)9-4-8(14)2-3-10(9)13/h2-5H,6H2,1H3,(H,16,17). The molecule has 0 unspecified atom stereocenters. The average Bonchev–Trinajstić information content (AvgIpc) is 2.75. The number of amides is 1. The Bertz CT molecular complexity index is 583. The largest absolute Gasteiger partial charge is 0.444 e. The maximum Gasteiger partial charge on any atom is 0.252 e. The number of carbonyl (C=O) groups excluding carboxylic acids is 1. The fourth-order valence-corrected chi connectivity index (χ4v) is 1.83. The average molecular weight is 313 g/mol. The molecule has 0 radical (unpaired) electrons. The third kappa shape index (κ3) is 2.95. The van der Waals surface area contributed by atoms with Gasteiger partial charge in [0, 0.05) is 4.47 Å². The zero-order valence-corrected chi connectivity index (χ0v) is 11.1. The van der Waals surface area contributed by atoms with E-state index in [0.717, 1.165) is 0 Å².